The SMILES string of the molecule is COCCOCOc1cc(OCOCCOC)c(C(C)=O)c(OCOCCOC)c1. The van der Waals surface area contributed by atoms with E-state index in [1.54, 1.807) is 33.5 Å². The lowest BCUT2D eigenvalue weighted by atomic mass is 10.1. The van der Waals surface area contributed by atoms with Gasteiger partial charge in [-0.2, -0.15) is 0 Å². The van der Waals surface area contributed by atoms with E-state index in [0.717, 1.165) is 0 Å². The van der Waals surface area contributed by atoms with E-state index in [1.165, 1.54) is 6.92 Å². The molecular weight excluding hydrogens is 400 g/mol. The van der Waals surface area contributed by atoms with E-state index in [0.29, 0.717) is 45.4 Å². The molecular formula is C20H32O10. The van der Waals surface area contributed by atoms with Gasteiger partial charge < -0.3 is 42.6 Å². The van der Waals surface area contributed by atoms with Gasteiger partial charge in [0.1, 0.15) is 22.8 Å². The maximum Gasteiger partial charge on any atom is 0.189 e. The highest BCUT2D eigenvalue weighted by Crippen LogP contribution is 2.35. The molecule has 0 radical (unpaired) electrons. The van der Waals surface area contributed by atoms with Gasteiger partial charge in [-0.15, -0.1) is 0 Å². The highest BCUT2D eigenvalue weighted by Gasteiger charge is 2.19. The molecule has 10 heteroatoms. The normalized spacial score (nSPS) is 10.8. The monoisotopic (exact) mass is 432 g/mol. The molecule has 0 N–H and O–H groups in total. The molecule has 0 fully saturated rings. The van der Waals surface area contributed by atoms with Gasteiger partial charge in [0, 0.05) is 33.5 Å². The predicted octanol–water partition coefficient (Wildman–Crippen LogP) is 1.89. The number of carbonyl (C=O) groups excluding carboxylic acids is 1. The minimum atomic E-state index is -0.239. The van der Waals surface area contributed by atoms with Gasteiger partial charge in [0.2, 0.25) is 0 Å². The van der Waals surface area contributed by atoms with Gasteiger partial charge in [-0.05, 0) is 6.92 Å². The minimum Gasteiger partial charge on any atom is -0.467 e. The second kappa shape index (κ2) is 16.8. The van der Waals surface area contributed by atoms with E-state index in [4.69, 9.17) is 42.6 Å². The number of ketones is 1. The van der Waals surface area contributed by atoms with Crippen LogP contribution >= 0.6 is 0 Å². The van der Waals surface area contributed by atoms with Crippen LogP contribution in [0, 0.1) is 0 Å². The van der Waals surface area contributed by atoms with Gasteiger partial charge in [-0.3, -0.25) is 4.79 Å². The Morgan fingerprint density at radius 2 is 1.07 bits per heavy atom. The summed E-state index contributed by atoms with van der Waals surface area (Å²) >= 11 is 0. The quantitative estimate of drug-likeness (QED) is 0.183. The van der Waals surface area contributed by atoms with Crippen molar-refractivity contribution in [1.82, 2.24) is 0 Å². The Kier molecular flexibility index (Phi) is 14.6. The van der Waals surface area contributed by atoms with Crippen molar-refractivity contribution in [2.45, 2.75) is 6.92 Å². The second-order valence-electron chi connectivity index (χ2n) is 5.84. The molecule has 0 atom stereocenters. The van der Waals surface area contributed by atoms with Crippen LogP contribution in [0.5, 0.6) is 17.2 Å². The van der Waals surface area contributed by atoms with Crippen LogP contribution in [-0.2, 0) is 28.4 Å². The van der Waals surface area contributed by atoms with Crippen molar-refractivity contribution in [3.05, 3.63) is 17.7 Å². The lowest BCUT2D eigenvalue weighted by Crippen LogP contribution is -2.13. The third-order valence-corrected chi connectivity index (χ3v) is 3.59. The summed E-state index contributed by atoms with van der Waals surface area (Å²) in [4.78, 5) is 12.2. The van der Waals surface area contributed by atoms with Crippen molar-refractivity contribution in [2.75, 3.05) is 81.3 Å². The maximum absolute atomic E-state index is 12.2. The van der Waals surface area contributed by atoms with E-state index >= 15 is 0 Å². The van der Waals surface area contributed by atoms with Crippen LogP contribution in [0.2, 0.25) is 0 Å². The molecule has 1 rings (SSSR count). The molecule has 0 aliphatic rings. The van der Waals surface area contributed by atoms with Gasteiger partial charge in [0.05, 0.1) is 39.6 Å². The molecule has 0 aliphatic carbocycles. The molecule has 0 unspecified atom stereocenters. The molecule has 172 valence electrons. The zero-order chi connectivity index (χ0) is 22.0. The summed E-state index contributed by atoms with van der Waals surface area (Å²) in [5, 5.41) is 0. The second-order valence-corrected chi connectivity index (χ2v) is 5.84. The number of benzene rings is 1. The minimum absolute atomic E-state index is 0.00364. The Morgan fingerprint density at radius 1 is 0.667 bits per heavy atom. The van der Waals surface area contributed by atoms with Crippen LogP contribution in [0.4, 0.5) is 0 Å². The molecule has 0 saturated carbocycles. The number of Topliss-reactive ketones (excluding diaryl/α,β-unsaturated/α-hetero) is 1. The van der Waals surface area contributed by atoms with Crippen LogP contribution in [0.25, 0.3) is 0 Å². The van der Waals surface area contributed by atoms with Crippen molar-refractivity contribution in [3.63, 3.8) is 0 Å². The van der Waals surface area contributed by atoms with Gasteiger partial charge in [-0.25, -0.2) is 0 Å². The molecule has 0 heterocycles. The Bertz CT molecular complexity index is 558. The Hall–Kier alpha value is -1.95. The van der Waals surface area contributed by atoms with Gasteiger partial charge in [-0.1, -0.05) is 0 Å². The summed E-state index contributed by atoms with van der Waals surface area (Å²) in [6.45, 7) is 3.68. The fourth-order valence-electron chi connectivity index (χ4n) is 2.15. The number of ether oxygens (including phenoxy) is 9. The van der Waals surface area contributed by atoms with Crippen molar-refractivity contribution in [2.24, 2.45) is 0 Å². The van der Waals surface area contributed by atoms with Gasteiger partial charge in [0.15, 0.2) is 26.2 Å². The van der Waals surface area contributed by atoms with E-state index in [2.05, 4.69) is 0 Å². The maximum atomic E-state index is 12.2. The average Bonchev–Trinajstić information content (AvgIpc) is 2.73. The van der Waals surface area contributed by atoms with Crippen molar-refractivity contribution >= 4 is 5.78 Å². The lowest BCUT2D eigenvalue weighted by molar-refractivity contribution is -0.0152. The molecule has 0 spiro atoms. The zero-order valence-electron chi connectivity index (χ0n) is 18.1. The van der Waals surface area contributed by atoms with E-state index < -0.39 is 0 Å². The van der Waals surface area contributed by atoms with Crippen LogP contribution < -0.4 is 14.2 Å². The summed E-state index contributed by atoms with van der Waals surface area (Å²) in [5.74, 6) is 0.690. The standard InChI is InChI=1S/C20H32O10/c1-16(21)20-18(29-14-26-9-6-23-3)11-17(28-13-25-8-5-22-2)12-19(20)30-15-27-10-7-24-4/h11-12H,5-10,13-15H2,1-4H3. The first kappa shape index (κ1) is 26.1. The third-order valence-electron chi connectivity index (χ3n) is 3.59. The number of hydrogen-bond donors (Lipinski definition) is 0. The fraction of sp³-hybridized carbons (Fsp3) is 0.650. The first-order valence-corrected chi connectivity index (χ1v) is 9.41. The molecule has 1 aromatic carbocycles. The topological polar surface area (TPSA) is 100 Å². The first-order valence-electron chi connectivity index (χ1n) is 9.41. The van der Waals surface area contributed by atoms with Crippen LogP contribution in [0.15, 0.2) is 12.1 Å². The molecule has 0 saturated heterocycles. The summed E-state index contributed by atoms with van der Waals surface area (Å²) in [5.41, 5.74) is 0.258. The van der Waals surface area contributed by atoms with E-state index in [9.17, 15) is 4.79 Å². The zero-order valence-corrected chi connectivity index (χ0v) is 18.1. The molecule has 0 amide bonds. The third kappa shape index (κ3) is 10.7. The van der Waals surface area contributed by atoms with Gasteiger partial charge in [0.25, 0.3) is 0 Å². The van der Waals surface area contributed by atoms with E-state index in [1.807, 2.05) is 0 Å². The Labute approximate surface area is 177 Å². The summed E-state index contributed by atoms with van der Waals surface area (Å²) in [6, 6.07) is 3.16. The Balaban J connectivity index is 2.88. The highest BCUT2D eigenvalue weighted by atomic mass is 16.7. The van der Waals surface area contributed by atoms with E-state index in [-0.39, 0.29) is 43.2 Å². The number of carbonyl (C=O) groups is 1. The molecule has 0 aliphatic heterocycles. The average molecular weight is 432 g/mol. The van der Waals surface area contributed by atoms with Crippen LogP contribution in [0.1, 0.15) is 17.3 Å². The molecule has 30 heavy (non-hydrogen) atoms. The first-order chi connectivity index (χ1) is 14.6. The summed E-state index contributed by atoms with van der Waals surface area (Å²) in [7, 11) is 4.74. The Morgan fingerprint density at radius 3 is 1.43 bits per heavy atom. The molecule has 0 aromatic heterocycles. The van der Waals surface area contributed by atoms with Crippen LogP contribution in [0.3, 0.4) is 0 Å². The summed E-state index contributed by atoms with van der Waals surface area (Å²) < 4.78 is 47.6. The largest absolute Gasteiger partial charge is 0.467 e. The summed E-state index contributed by atoms with van der Waals surface area (Å²) in [6.07, 6.45) is 0. The molecule has 0 bridgehead atoms. The number of hydrogen-bond acceptors (Lipinski definition) is 10. The number of rotatable bonds is 19. The lowest BCUT2D eigenvalue weighted by Gasteiger charge is -2.17. The molecule has 1 aromatic rings. The van der Waals surface area contributed by atoms with Crippen molar-refractivity contribution in [3.8, 4) is 17.2 Å². The highest BCUT2D eigenvalue weighted by molar-refractivity contribution is 6.00. The number of methoxy groups -OCH3 is 3. The smallest absolute Gasteiger partial charge is 0.189 e. The predicted molar refractivity (Wildman–Crippen MR) is 106 cm³/mol. The van der Waals surface area contributed by atoms with Crippen molar-refractivity contribution < 1.29 is 47.4 Å². The van der Waals surface area contributed by atoms with Crippen LogP contribution in [-0.4, -0.2) is 87.1 Å². The fourth-order valence-corrected chi connectivity index (χ4v) is 2.15. The molecule has 10 nitrogen and oxygen atoms in total. The van der Waals surface area contributed by atoms with Crippen molar-refractivity contribution in [1.29, 1.82) is 0 Å². The van der Waals surface area contributed by atoms with Gasteiger partial charge >= 0.3 is 0 Å².